The fraction of sp³-hybridized carbons (Fsp3) is 0.690. The molecule has 4 rings (SSSR count). The number of nitrogens with one attached hydrogen (secondary N) is 1. The highest BCUT2D eigenvalue weighted by atomic mass is 16.8. The molecule has 3 aliphatic heterocycles. The maximum Gasteiger partial charge on any atom is 0.338 e. The van der Waals surface area contributed by atoms with Crippen LogP contribution in [0.5, 0.6) is 0 Å². The summed E-state index contributed by atoms with van der Waals surface area (Å²) in [7, 11) is 0. The van der Waals surface area contributed by atoms with Crippen molar-refractivity contribution in [2.24, 2.45) is 11.8 Å². The summed E-state index contributed by atoms with van der Waals surface area (Å²) in [6.07, 6.45) is 7.44. The topological polar surface area (TPSA) is 215 Å². The van der Waals surface area contributed by atoms with E-state index in [0.717, 1.165) is 53.4 Å². The molecule has 17 heteroatoms. The van der Waals surface area contributed by atoms with Crippen LogP contribution in [-0.4, -0.2) is 104 Å². The highest BCUT2D eigenvalue weighted by Gasteiger charge is 2.61. The second kappa shape index (κ2) is 22.0. The lowest BCUT2D eigenvalue weighted by molar-refractivity contribution is -0.347. The minimum Gasteiger partial charge on any atom is -0.471 e. The van der Waals surface area contributed by atoms with Gasteiger partial charge in [0.15, 0.2) is 23.9 Å². The van der Waals surface area contributed by atoms with Crippen LogP contribution in [-0.2, 0) is 76.2 Å². The fourth-order valence-corrected chi connectivity index (χ4v) is 7.81. The summed E-state index contributed by atoms with van der Waals surface area (Å²) in [4.78, 5) is 87.9. The van der Waals surface area contributed by atoms with E-state index in [1.807, 2.05) is 0 Å². The maximum absolute atomic E-state index is 13.7. The molecule has 4 aliphatic rings. The van der Waals surface area contributed by atoms with Crippen LogP contribution in [0, 0.1) is 11.8 Å². The summed E-state index contributed by atoms with van der Waals surface area (Å²) >= 11 is 0. The molecule has 1 N–H and O–H groups in total. The van der Waals surface area contributed by atoms with Crippen molar-refractivity contribution in [1.29, 1.82) is 0 Å². The molecule has 0 aromatic rings. The third kappa shape index (κ3) is 12.9. The summed E-state index contributed by atoms with van der Waals surface area (Å²) in [5, 5.41) is 2.97. The van der Waals surface area contributed by atoms with Gasteiger partial charge in [-0.05, 0) is 25.5 Å². The van der Waals surface area contributed by atoms with Gasteiger partial charge in [-0.25, -0.2) is 4.79 Å². The lowest BCUT2D eigenvalue weighted by Gasteiger charge is -2.46. The van der Waals surface area contributed by atoms with E-state index in [1.54, 1.807) is 12.2 Å². The zero-order valence-corrected chi connectivity index (χ0v) is 35.0. The van der Waals surface area contributed by atoms with Crippen molar-refractivity contribution in [3.63, 3.8) is 0 Å². The van der Waals surface area contributed by atoms with Crippen LogP contribution >= 0.6 is 0 Å². The van der Waals surface area contributed by atoms with E-state index in [2.05, 4.69) is 12.2 Å². The van der Waals surface area contributed by atoms with Gasteiger partial charge in [0, 0.05) is 47.1 Å². The number of fused-ring (bicyclic) bond motifs is 2. The summed E-state index contributed by atoms with van der Waals surface area (Å²) in [6.45, 7) is 9.27. The number of hydrogen-bond donors (Lipinski definition) is 1. The molecule has 1 saturated heterocycles. The van der Waals surface area contributed by atoms with Gasteiger partial charge in [-0.1, -0.05) is 70.8 Å². The van der Waals surface area contributed by atoms with Crippen LogP contribution in [0.4, 0.5) is 0 Å². The van der Waals surface area contributed by atoms with Crippen LogP contribution in [0.3, 0.4) is 0 Å². The number of hydrogen-bond acceptors (Lipinski definition) is 16. The third-order valence-corrected chi connectivity index (χ3v) is 10.4. The minimum absolute atomic E-state index is 0.0399. The zero-order chi connectivity index (χ0) is 43.3. The van der Waals surface area contributed by atoms with Gasteiger partial charge in [-0.3, -0.25) is 28.8 Å². The van der Waals surface area contributed by atoms with E-state index >= 15 is 0 Å². The maximum atomic E-state index is 13.7. The standard InChI is InChI=1S/C42H59NO16/c1-8-9-10-11-12-13-14-15-16-17-20-43-38(49)32-22-52-40(34-30(32)18-19-42(34)21-31(39(50)59-42)24(2)53-26(4)45)58-41-37(56-29(7)48)36(55-28(6)47)35(54-27(5)46)33(57-41)23-51-25(3)44/h18-19,21-22,24,30,33-37,40-41H,8-17,20,23H2,1-7H3,(H,43,49)/t24-,30-,33+,34-,35-,36+,37+,40?,41-,42?/m1/s1. The summed E-state index contributed by atoms with van der Waals surface area (Å²) in [5.41, 5.74) is -1.34. The second-order valence-corrected chi connectivity index (χ2v) is 15.2. The Balaban J connectivity index is 1.62. The average molecular weight is 834 g/mol. The van der Waals surface area contributed by atoms with Gasteiger partial charge < -0.3 is 47.9 Å². The van der Waals surface area contributed by atoms with Crippen molar-refractivity contribution >= 4 is 41.7 Å². The van der Waals surface area contributed by atoms with Gasteiger partial charge in [0.2, 0.25) is 12.6 Å². The molecule has 0 bridgehead atoms. The molecule has 1 aliphatic carbocycles. The van der Waals surface area contributed by atoms with Crippen LogP contribution in [0.25, 0.3) is 0 Å². The first-order chi connectivity index (χ1) is 28.1. The summed E-state index contributed by atoms with van der Waals surface area (Å²) < 4.78 is 51.8. The molecule has 0 aromatic heterocycles. The van der Waals surface area contributed by atoms with Crippen LogP contribution in [0.2, 0.25) is 0 Å². The number of amides is 1. The minimum atomic E-state index is -1.65. The molecule has 59 heavy (non-hydrogen) atoms. The molecule has 2 unspecified atom stereocenters. The van der Waals surface area contributed by atoms with Gasteiger partial charge >= 0.3 is 35.8 Å². The van der Waals surface area contributed by atoms with Crippen molar-refractivity contribution < 1.29 is 76.2 Å². The number of unbranched alkanes of at least 4 members (excludes halogenated alkanes) is 9. The van der Waals surface area contributed by atoms with E-state index in [-0.39, 0.29) is 11.1 Å². The number of ether oxygens (including phenoxy) is 9. The van der Waals surface area contributed by atoms with Gasteiger partial charge in [0.05, 0.1) is 23.3 Å². The van der Waals surface area contributed by atoms with Crippen LogP contribution in [0.1, 0.15) is 113 Å². The predicted molar refractivity (Wildman–Crippen MR) is 205 cm³/mol. The summed E-state index contributed by atoms with van der Waals surface area (Å²) in [5.74, 6) is -6.80. The third-order valence-electron chi connectivity index (χ3n) is 10.4. The Bertz CT molecular complexity index is 1640. The Morgan fingerprint density at radius 3 is 1.95 bits per heavy atom. The molecule has 1 spiro atoms. The van der Waals surface area contributed by atoms with Gasteiger partial charge in [-0.2, -0.15) is 0 Å². The van der Waals surface area contributed by atoms with E-state index in [0.29, 0.717) is 6.54 Å². The summed E-state index contributed by atoms with van der Waals surface area (Å²) in [6, 6.07) is 0. The Labute approximate surface area is 344 Å². The second-order valence-electron chi connectivity index (χ2n) is 15.2. The normalized spacial score (nSPS) is 28.6. The largest absolute Gasteiger partial charge is 0.471 e. The molecule has 0 aromatic carbocycles. The molecular weight excluding hydrogens is 774 g/mol. The van der Waals surface area contributed by atoms with Crippen molar-refractivity contribution in [3.8, 4) is 0 Å². The average Bonchev–Trinajstić information content (AvgIpc) is 3.70. The highest BCUT2D eigenvalue weighted by molar-refractivity contribution is 5.96. The smallest absolute Gasteiger partial charge is 0.338 e. The number of esters is 6. The lowest BCUT2D eigenvalue weighted by atomic mass is 9.78. The molecule has 1 amide bonds. The van der Waals surface area contributed by atoms with E-state index in [4.69, 9.17) is 42.6 Å². The van der Waals surface area contributed by atoms with E-state index in [1.165, 1.54) is 64.7 Å². The predicted octanol–water partition coefficient (Wildman–Crippen LogP) is 4.34. The molecule has 0 radical (unpaired) electrons. The quantitative estimate of drug-likeness (QED) is 0.0737. The Morgan fingerprint density at radius 1 is 0.763 bits per heavy atom. The Kier molecular flexibility index (Phi) is 17.5. The number of carbonyl (C=O) groups excluding carboxylic acids is 7. The molecule has 3 heterocycles. The van der Waals surface area contributed by atoms with Gasteiger partial charge in [0.1, 0.15) is 18.8 Å². The zero-order valence-electron chi connectivity index (χ0n) is 35.0. The highest BCUT2D eigenvalue weighted by Crippen LogP contribution is 2.51. The molecular formula is C42H59NO16. The first kappa shape index (κ1) is 46.9. The molecule has 0 saturated carbocycles. The first-order valence-electron chi connectivity index (χ1n) is 20.5. The molecule has 17 nitrogen and oxygen atoms in total. The molecule has 1 fully saturated rings. The number of carbonyl (C=O) groups is 7. The van der Waals surface area contributed by atoms with E-state index in [9.17, 15) is 33.6 Å². The lowest BCUT2D eigenvalue weighted by Crippen LogP contribution is -2.64. The Hall–Kier alpha value is -4.77. The molecule has 10 atom stereocenters. The SMILES string of the molecule is CCCCCCCCCCCCNC(=O)C1=COC(O[C@H]2O[C@@H](COC(C)=O)[C@@H](OC(C)=O)[C@H](OC(C)=O)[C@@H]2OC(C)=O)[C@H]2[C@@H]1C=CC21C=C([C@@H](C)OC(C)=O)C(=O)O1. The van der Waals surface area contributed by atoms with Crippen molar-refractivity contribution in [2.45, 2.75) is 161 Å². The monoisotopic (exact) mass is 833 g/mol. The van der Waals surface area contributed by atoms with Gasteiger partial charge in [-0.15, -0.1) is 0 Å². The van der Waals surface area contributed by atoms with Crippen LogP contribution < -0.4 is 5.32 Å². The van der Waals surface area contributed by atoms with Crippen LogP contribution in [0.15, 0.2) is 35.6 Å². The fourth-order valence-electron chi connectivity index (χ4n) is 7.81. The number of rotatable bonds is 21. The van der Waals surface area contributed by atoms with E-state index < -0.39 is 109 Å². The van der Waals surface area contributed by atoms with Crippen molar-refractivity contribution in [2.75, 3.05) is 13.2 Å². The van der Waals surface area contributed by atoms with Gasteiger partial charge in [0.25, 0.3) is 5.91 Å². The first-order valence-corrected chi connectivity index (χ1v) is 20.5. The Morgan fingerprint density at radius 2 is 1.36 bits per heavy atom. The van der Waals surface area contributed by atoms with Crippen molar-refractivity contribution in [3.05, 3.63) is 35.6 Å². The van der Waals surface area contributed by atoms with Crippen molar-refractivity contribution in [1.82, 2.24) is 5.32 Å². The number of allylic oxidation sites excluding steroid dienone is 1. The molecule has 328 valence electrons.